The molecule has 108 valence electrons. The maximum Gasteiger partial charge on any atom is 0.118 e. The van der Waals surface area contributed by atoms with E-state index in [2.05, 4.69) is 39.6 Å². The van der Waals surface area contributed by atoms with E-state index in [9.17, 15) is 5.11 Å². The van der Waals surface area contributed by atoms with Crippen LogP contribution in [-0.4, -0.2) is 36.2 Å². The van der Waals surface area contributed by atoms with Crippen molar-refractivity contribution in [3.8, 4) is 5.75 Å². The monoisotopic (exact) mass is 265 g/mol. The van der Waals surface area contributed by atoms with E-state index in [0.717, 1.165) is 11.3 Å². The maximum atomic E-state index is 10.5. The fourth-order valence-corrected chi connectivity index (χ4v) is 2.14. The van der Waals surface area contributed by atoms with Crippen LogP contribution in [0.5, 0.6) is 5.75 Å². The Morgan fingerprint density at radius 2 is 1.53 bits per heavy atom. The molecular formula is C16H27NO2. The zero-order chi connectivity index (χ0) is 14.6. The molecule has 19 heavy (non-hydrogen) atoms. The molecule has 1 aromatic rings. The fraction of sp³-hybridized carbons (Fsp3) is 0.625. The van der Waals surface area contributed by atoms with Gasteiger partial charge in [-0.15, -0.1) is 0 Å². The van der Waals surface area contributed by atoms with E-state index in [1.165, 1.54) is 0 Å². The first-order valence-electron chi connectivity index (χ1n) is 6.92. The zero-order valence-electron chi connectivity index (χ0n) is 12.9. The van der Waals surface area contributed by atoms with Gasteiger partial charge in [0.05, 0.1) is 13.2 Å². The molecule has 3 unspecified atom stereocenters. The van der Waals surface area contributed by atoms with E-state index in [0.29, 0.717) is 12.0 Å². The van der Waals surface area contributed by atoms with Gasteiger partial charge in [0, 0.05) is 12.1 Å². The summed E-state index contributed by atoms with van der Waals surface area (Å²) in [6.45, 7) is 8.66. The van der Waals surface area contributed by atoms with E-state index >= 15 is 0 Å². The first-order chi connectivity index (χ1) is 8.88. The van der Waals surface area contributed by atoms with Crippen LogP contribution in [0.4, 0.5) is 0 Å². The molecule has 3 heteroatoms. The summed E-state index contributed by atoms with van der Waals surface area (Å²) in [4.78, 5) is 2.24. The Labute approximate surface area is 117 Å². The summed E-state index contributed by atoms with van der Waals surface area (Å²) >= 11 is 0. The number of aliphatic hydroxyl groups is 1. The molecule has 1 aromatic carbocycles. The zero-order valence-corrected chi connectivity index (χ0v) is 12.9. The summed E-state index contributed by atoms with van der Waals surface area (Å²) in [7, 11) is 3.72. The van der Waals surface area contributed by atoms with Crippen LogP contribution in [0.15, 0.2) is 24.3 Å². The van der Waals surface area contributed by atoms with Gasteiger partial charge in [-0.25, -0.2) is 0 Å². The van der Waals surface area contributed by atoms with Crippen molar-refractivity contribution in [3.05, 3.63) is 29.8 Å². The molecule has 0 amide bonds. The smallest absolute Gasteiger partial charge is 0.118 e. The van der Waals surface area contributed by atoms with E-state index in [1.54, 1.807) is 7.11 Å². The van der Waals surface area contributed by atoms with Crippen LogP contribution in [0.2, 0.25) is 0 Å². The van der Waals surface area contributed by atoms with E-state index in [-0.39, 0.29) is 6.04 Å². The Morgan fingerprint density at radius 1 is 1.00 bits per heavy atom. The van der Waals surface area contributed by atoms with Crippen molar-refractivity contribution in [3.63, 3.8) is 0 Å². The molecule has 3 nitrogen and oxygen atoms in total. The van der Waals surface area contributed by atoms with E-state index in [1.807, 2.05) is 24.3 Å². The molecule has 0 spiro atoms. The number of nitrogens with zero attached hydrogens (tertiary/aromatic N) is 1. The average Bonchev–Trinajstić information content (AvgIpc) is 2.44. The Hall–Kier alpha value is -1.06. The van der Waals surface area contributed by atoms with Gasteiger partial charge in [-0.2, -0.15) is 0 Å². The number of hydrogen-bond acceptors (Lipinski definition) is 3. The summed E-state index contributed by atoms with van der Waals surface area (Å²) in [6.07, 6.45) is -0.489. The summed E-state index contributed by atoms with van der Waals surface area (Å²) in [5.74, 6) is 1.38. The van der Waals surface area contributed by atoms with Crippen LogP contribution in [0.25, 0.3) is 0 Å². The average molecular weight is 265 g/mol. The van der Waals surface area contributed by atoms with Gasteiger partial charge in [-0.3, -0.25) is 4.90 Å². The number of likely N-dealkylation sites (N-methyl/N-ethyl adjacent to an activating group) is 1. The number of aliphatic hydroxyl groups excluding tert-OH is 1. The Balaban J connectivity index is 2.77. The molecule has 0 bridgehead atoms. The molecule has 0 aliphatic rings. The highest BCUT2D eigenvalue weighted by Crippen LogP contribution is 2.24. The highest BCUT2D eigenvalue weighted by Gasteiger charge is 2.25. The molecule has 3 atom stereocenters. The van der Waals surface area contributed by atoms with Gasteiger partial charge in [0.25, 0.3) is 0 Å². The Morgan fingerprint density at radius 3 is 1.95 bits per heavy atom. The van der Waals surface area contributed by atoms with Crippen LogP contribution in [0.1, 0.15) is 39.4 Å². The number of ether oxygens (including phenoxy) is 1. The van der Waals surface area contributed by atoms with Gasteiger partial charge < -0.3 is 9.84 Å². The molecule has 0 heterocycles. The van der Waals surface area contributed by atoms with Crippen molar-refractivity contribution in [1.82, 2.24) is 4.90 Å². The molecule has 0 radical (unpaired) electrons. The number of rotatable bonds is 6. The van der Waals surface area contributed by atoms with Gasteiger partial charge in [-0.1, -0.05) is 26.0 Å². The van der Waals surface area contributed by atoms with Crippen molar-refractivity contribution in [2.24, 2.45) is 5.92 Å². The minimum absolute atomic E-state index is 0.0748. The van der Waals surface area contributed by atoms with Crippen molar-refractivity contribution >= 4 is 0 Å². The summed E-state index contributed by atoms with van der Waals surface area (Å²) < 4.78 is 5.13. The van der Waals surface area contributed by atoms with Crippen molar-refractivity contribution in [2.45, 2.75) is 45.9 Å². The number of methoxy groups -OCH3 is 1. The molecule has 0 aromatic heterocycles. The predicted octanol–water partition coefficient (Wildman–Crippen LogP) is 3.09. The standard InChI is InChI=1S/C16H27NO2/c1-11(2)12(3)17(5)13(4)16(18)14-7-9-15(19-6)10-8-14/h7-13,16,18H,1-6H3. The molecule has 0 aliphatic carbocycles. The third-order valence-electron chi connectivity index (χ3n) is 4.16. The lowest BCUT2D eigenvalue weighted by atomic mass is 9.98. The van der Waals surface area contributed by atoms with Crippen LogP contribution < -0.4 is 4.74 Å². The van der Waals surface area contributed by atoms with Crippen molar-refractivity contribution in [2.75, 3.05) is 14.2 Å². The SMILES string of the molecule is COc1ccc(C(O)C(C)N(C)C(C)C(C)C)cc1. The van der Waals surface area contributed by atoms with Gasteiger partial charge in [-0.05, 0) is 44.5 Å². The molecule has 1 N–H and O–H groups in total. The fourth-order valence-electron chi connectivity index (χ4n) is 2.14. The number of benzene rings is 1. The summed E-state index contributed by atoms with van der Waals surface area (Å²) in [5.41, 5.74) is 0.927. The molecule has 1 rings (SSSR count). The van der Waals surface area contributed by atoms with Crippen molar-refractivity contribution in [1.29, 1.82) is 0 Å². The molecule has 0 fully saturated rings. The third-order valence-corrected chi connectivity index (χ3v) is 4.16. The second-order valence-corrected chi connectivity index (χ2v) is 5.61. The Kier molecular flexibility index (Phi) is 5.83. The first kappa shape index (κ1) is 16.0. The first-order valence-corrected chi connectivity index (χ1v) is 6.92. The summed E-state index contributed by atoms with van der Waals surface area (Å²) in [5, 5.41) is 10.5. The maximum absolute atomic E-state index is 10.5. The lowest BCUT2D eigenvalue weighted by Gasteiger charge is -2.35. The highest BCUT2D eigenvalue weighted by molar-refractivity contribution is 5.29. The molecule has 0 aliphatic heterocycles. The van der Waals surface area contributed by atoms with Crippen LogP contribution in [0, 0.1) is 5.92 Å². The van der Waals surface area contributed by atoms with Crippen LogP contribution in [-0.2, 0) is 0 Å². The van der Waals surface area contributed by atoms with Gasteiger partial charge in [0.2, 0.25) is 0 Å². The molecule has 0 saturated heterocycles. The molecular weight excluding hydrogens is 238 g/mol. The lowest BCUT2D eigenvalue weighted by molar-refractivity contribution is 0.0418. The minimum atomic E-state index is -0.489. The lowest BCUT2D eigenvalue weighted by Crippen LogP contribution is -2.42. The largest absolute Gasteiger partial charge is 0.497 e. The quantitative estimate of drug-likeness (QED) is 0.858. The van der Waals surface area contributed by atoms with Crippen molar-refractivity contribution < 1.29 is 9.84 Å². The molecule has 0 saturated carbocycles. The van der Waals surface area contributed by atoms with E-state index < -0.39 is 6.10 Å². The van der Waals surface area contributed by atoms with Gasteiger partial charge >= 0.3 is 0 Å². The second kappa shape index (κ2) is 6.92. The highest BCUT2D eigenvalue weighted by atomic mass is 16.5. The van der Waals surface area contributed by atoms with Gasteiger partial charge in [0.1, 0.15) is 5.75 Å². The van der Waals surface area contributed by atoms with Crippen LogP contribution in [0.3, 0.4) is 0 Å². The van der Waals surface area contributed by atoms with E-state index in [4.69, 9.17) is 4.74 Å². The van der Waals surface area contributed by atoms with Gasteiger partial charge in [0.15, 0.2) is 0 Å². The second-order valence-electron chi connectivity index (χ2n) is 5.61. The topological polar surface area (TPSA) is 32.7 Å². The minimum Gasteiger partial charge on any atom is -0.497 e. The number of hydrogen-bond donors (Lipinski definition) is 1. The van der Waals surface area contributed by atoms with Crippen LogP contribution >= 0.6 is 0 Å². The third kappa shape index (κ3) is 3.95. The Bertz CT molecular complexity index is 375. The predicted molar refractivity (Wildman–Crippen MR) is 79.5 cm³/mol. The normalized spacial score (nSPS) is 16.5. The summed E-state index contributed by atoms with van der Waals surface area (Å²) in [6, 6.07) is 8.13.